The zero-order valence-corrected chi connectivity index (χ0v) is 19.9. The number of ether oxygens (including phenoxy) is 1. The number of benzene rings is 2. The number of nitrogens with one attached hydrogen (secondary N) is 1. The van der Waals surface area contributed by atoms with Crippen LogP contribution < -0.4 is 10.1 Å². The van der Waals surface area contributed by atoms with Crippen LogP contribution in [0.1, 0.15) is 54.5 Å². The van der Waals surface area contributed by atoms with E-state index < -0.39 is 10.0 Å². The van der Waals surface area contributed by atoms with E-state index >= 15 is 0 Å². The molecule has 1 aliphatic heterocycles. The molecule has 1 unspecified atom stereocenters. The Labute approximate surface area is 191 Å². The molecule has 1 saturated heterocycles. The van der Waals surface area contributed by atoms with E-state index in [2.05, 4.69) is 5.32 Å². The average molecular weight is 457 g/mol. The van der Waals surface area contributed by atoms with Crippen LogP contribution in [0.5, 0.6) is 5.75 Å². The summed E-state index contributed by atoms with van der Waals surface area (Å²) in [6, 6.07) is 11.3. The Morgan fingerprint density at radius 2 is 1.81 bits per heavy atom. The third kappa shape index (κ3) is 4.55. The first-order valence-corrected chi connectivity index (χ1v) is 12.8. The number of carbonyl (C=O) groups excluding carboxylic acids is 1. The predicted octanol–water partition coefficient (Wildman–Crippen LogP) is 3.77. The minimum absolute atomic E-state index is 0.0318. The molecular formula is C25H32N2O4S. The zero-order chi connectivity index (χ0) is 22.9. The smallest absolute Gasteiger partial charge is 0.243 e. The van der Waals surface area contributed by atoms with Gasteiger partial charge in [0.05, 0.1) is 18.0 Å². The van der Waals surface area contributed by atoms with Crippen LogP contribution in [0.25, 0.3) is 0 Å². The number of hydrogen-bond acceptors (Lipinski definition) is 4. The first kappa shape index (κ1) is 22.8. The molecular weight excluding hydrogens is 424 g/mol. The highest BCUT2D eigenvalue weighted by Crippen LogP contribution is 2.30. The Bertz CT molecular complexity index is 1100. The summed E-state index contributed by atoms with van der Waals surface area (Å²) < 4.78 is 33.3. The van der Waals surface area contributed by atoms with Crippen molar-refractivity contribution in [1.29, 1.82) is 0 Å². The summed E-state index contributed by atoms with van der Waals surface area (Å²) in [6.45, 7) is 4.68. The molecule has 0 saturated carbocycles. The summed E-state index contributed by atoms with van der Waals surface area (Å²) in [5.41, 5.74) is 4.46. The monoisotopic (exact) mass is 456 g/mol. The van der Waals surface area contributed by atoms with E-state index in [9.17, 15) is 13.2 Å². The molecule has 1 amide bonds. The van der Waals surface area contributed by atoms with Crippen molar-refractivity contribution in [3.8, 4) is 5.75 Å². The number of methoxy groups -OCH3 is 1. The van der Waals surface area contributed by atoms with Crippen molar-refractivity contribution in [2.75, 3.05) is 20.2 Å². The van der Waals surface area contributed by atoms with Crippen LogP contribution in [-0.2, 0) is 27.7 Å². The fraction of sp³-hybridized carbons (Fsp3) is 0.480. The first-order valence-electron chi connectivity index (χ1n) is 11.4. The maximum atomic E-state index is 13.1. The van der Waals surface area contributed by atoms with Gasteiger partial charge in [-0.05, 0) is 75.3 Å². The van der Waals surface area contributed by atoms with Gasteiger partial charge in [0.15, 0.2) is 0 Å². The highest BCUT2D eigenvalue weighted by atomic mass is 32.2. The summed E-state index contributed by atoms with van der Waals surface area (Å²) in [5.74, 6) is 0.522. The molecule has 32 heavy (non-hydrogen) atoms. The number of amides is 1. The van der Waals surface area contributed by atoms with Crippen LogP contribution in [0.4, 0.5) is 0 Å². The molecule has 2 aromatic rings. The van der Waals surface area contributed by atoms with Gasteiger partial charge in [0, 0.05) is 24.6 Å². The molecule has 2 aliphatic rings. The van der Waals surface area contributed by atoms with Gasteiger partial charge < -0.3 is 10.1 Å². The van der Waals surface area contributed by atoms with Crippen molar-refractivity contribution < 1.29 is 17.9 Å². The molecule has 2 aromatic carbocycles. The maximum absolute atomic E-state index is 13.1. The van der Waals surface area contributed by atoms with Crippen LogP contribution >= 0.6 is 0 Å². The van der Waals surface area contributed by atoms with E-state index in [1.807, 2.05) is 44.2 Å². The van der Waals surface area contributed by atoms with Crippen molar-refractivity contribution in [3.05, 3.63) is 58.7 Å². The topological polar surface area (TPSA) is 75.7 Å². The molecule has 1 N–H and O–H groups in total. The minimum atomic E-state index is -3.53. The van der Waals surface area contributed by atoms with Crippen LogP contribution in [-0.4, -0.2) is 38.8 Å². The quantitative estimate of drug-likeness (QED) is 0.718. The summed E-state index contributed by atoms with van der Waals surface area (Å²) in [5, 5.41) is 3.09. The van der Waals surface area contributed by atoms with Crippen LogP contribution in [0.2, 0.25) is 0 Å². The maximum Gasteiger partial charge on any atom is 0.243 e. The Kier molecular flexibility index (Phi) is 6.58. The number of aryl methyl sites for hydroxylation is 3. The Hall–Kier alpha value is -2.38. The van der Waals surface area contributed by atoms with Gasteiger partial charge in [0.25, 0.3) is 0 Å². The van der Waals surface area contributed by atoms with Crippen molar-refractivity contribution in [2.24, 2.45) is 5.92 Å². The van der Waals surface area contributed by atoms with Gasteiger partial charge in [0.2, 0.25) is 15.9 Å². The minimum Gasteiger partial charge on any atom is -0.496 e. The Morgan fingerprint density at radius 3 is 2.53 bits per heavy atom. The van der Waals surface area contributed by atoms with E-state index in [0.717, 1.165) is 41.7 Å². The molecule has 0 radical (unpaired) electrons. The highest BCUT2D eigenvalue weighted by Gasteiger charge is 2.33. The number of carbonyl (C=O) groups is 1. The molecule has 1 fully saturated rings. The number of piperidine rings is 1. The van der Waals surface area contributed by atoms with Crippen molar-refractivity contribution in [3.63, 3.8) is 0 Å². The Morgan fingerprint density at radius 1 is 1.09 bits per heavy atom. The third-order valence-corrected chi connectivity index (χ3v) is 8.64. The van der Waals surface area contributed by atoms with E-state index in [0.29, 0.717) is 30.8 Å². The molecule has 1 aliphatic carbocycles. The van der Waals surface area contributed by atoms with E-state index in [1.54, 1.807) is 13.2 Å². The second-order valence-corrected chi connectivity index (χ2v) is 10.9. The summed E-state index contributed by atoms with van der Waals surface area (Å²) in [4.78, 5) is 13.3. The number of nitrogens with zero attached hydrogens (tertiary/aromatic N) is 1. The normalized spacial score (nSPS) is 18.2. The largest absolute Gasteiger partial charge is 0.496 e. The highest BCUT2D eigenvalue weighted by molar-refractivity contribution is 7.89. The molecule has 6 nitrogen and oxygen atoms in total. The zero-order valence-electron chi connectivity index (χ0n) is 19.1. The molecule has 1 heterocycles. The number of hydrogen-bond donors (Lipinski definition) is 1. The van der Waals surface area contributed by atoms with Gasteiger partial charge >= 0.3 is 0 Å². The Balaban J connectivity index is 1.38. The second-order valence-electron chi connectivity index (χ2n) is 8.94. The fourth-order valence-electron chi connectivity index (χ4n) is 4.82. The van der Waals surface area contributed by atoms with Gasteiger partial charge in [0.1, 0.15) is 5.75 Å². The first-order chi connectivity index (χ1) is 15.3. The average Bonchev–Trinajstić information content (AvgIpc) is 3.27. The third-order valence-electron chi connectivity index (χ3n) is 6.74. The van der Waals surface area contributed by atoms with Gasteiger partial charge in [-0.25, -0.2) is 8.42 Å². The number of sulfonamides is 1. The van der Waals surface area contributed by atoms with Crippen LogP contribution in [0, 0.1) is 12.8 Å². The SMILES string of the molecule is COc1ccc(C)cc1C(C)NC(=O)C1CCN(S(=O)(=O)c2ccc3c(c2)CCC3)CC1. The lowest BCUT2D eigenvalue weighted by molar-refractivity contribution is -0.126. The van der Waals surface area contributed by atoms with E-state index in [-0.39, 0.29) is 17.9 Å². The molecule has 0 bridgehead atoms. The number of rotatable bonds is 6. The number of fused-ring (bicyclic) bond motifs is 1. The van der Waals surface area contributed by atoms with Gasteiger partial charge in [-0.1, -0.05) is 23.8 Å². The van der Waals surface area contributed by atoms with Crippen LogP contribution in [0.3, 0.4) is 0 Å². The van der Waals surface area contributed by atoms with Crippen molar-refractivity contribution >= 4 is 15.9 Å². The molecule has 0 aromatic heterocycles. The standard InChI is InChI=1S/C25H32N2O4S/c1-17-7-10-24(31-3)23(15-17)18(2)26-25(28)20-11-13-27(14-12-20)32(29,30)22-9-8-19-5-4-6-21(19)16-22/h7-10,15-16,18,20H,4-6,11-14H2,1-3H3,(H,26,28). The van der Waals surface area contributed by atoms with E-state index in [1.165, 1.54) is 9.87 Å². The molecule has 0 spiro atoms. The van der Waals surface area contributed by atoms with Crippen LogP contribution in [0.15, 0.2) is 41.3 Å². The fourth-order valence-corrected chi connectivity index (χ4v) is 6.34. The lowest BCUT2D eigenvalue weighted by Crippen LogP contribution is -2.43. The van der Waals surface area contributed by atoms with E-state index in [4.69, 9.17) is 4.74 Å². The summed E-state index contributed by atoms with van der Waals surface area (Å²) in [7, 11) is -1.90. The van der Waals surface area contributed by atoms with Gasteiger partial charge in [-0.2, -0.15) is 4.31 Å². The lowest BCUT2D eigenvalue weighted by Gasteiger charge is -2.31. The molecule has 7 heteroatoms. The molecule has 172 valence electrons. The molecule has 1 atom stereocenters. The van der Waals surface area contributed by atoms with Crippen molar-refractivity contribution in [1.82, 2.24) is 9.62 Å². The summed E-state index contributed by atoms with van der Waals surface area (Å²) >= 11 is 0. The predicted molar refractivity (Wildman–Crippen MR) is 124 cm³/mol. The van der Waals surface area contributed by atoms with Gasteiger partial charge in [-0.3, -0.25) is 4.79 Å². The summed E-state index contributed by atoms with van der Waals surface area (Å²) in [6.07, 6.45) is 4.11. The van der Waals surface area contributed by atoms with Crippen molar-refractivity contribution in [2.45, 2.75) is 56.9 Å². The van der Waals surface area contributed by atoms with Gasteiger partial charge in [-0.15, -0.1) is 0 Å². The second kappa shape index (κ2) is 9.24. The lowest BCUT2D eigenvalue weighted by atomic mass is 9.96. The molecule has 4 rings (SSSR count).